The predicted molar refractivity (Wildman–Crippen MR) is 90.5 cm³/mol. The first-order valence-corrected chi connectivity index (χ1v) is 7.22. The van der Waals surface area contributed by atoms with Crippen molar-refractivity contribution < 1.29 is 9.21 Å². The fourth-order valence-corrected chi connectivity index (χ4v) is 2.50. The third-order valence-electron chi connectivity index (χ3n) is 3.51. The van der Waals surface area contributed by atoms with Crippen molar-refractivity contribution >= 4 is 16.7 Å². The summed E-state index contributed by atoms with van der Waals surface area (Å²) in [4.78, 5) is 24.6. The normalized spacial score (nSPS) is 10.4. The van der Waals surface area contributed by atoms with Crippen LogP contribution in [-0.4, -0.2) is 12.5 Å². The molecule has 3 rings (SSSR count). The Bertz CT molecular complexity index is 926. The Labute approximate surface area is 133 Å². The highest BCUT2D eigenvalue weighted by molar-refractivity contribution is 6.07. The molecule has 1 heterocycles. The van der Waals surface area contributed by atoms with Gasteiger partial charge in [0, 0.05) is 17.5 Å². The van der Waals surface area contributed by atoms with Gasteiger partial charge >= 0.3 is 5.63 Å². The van der Waals surface area contributed by atoms with E-state index in [1.165, 1.54) is 0 Å². The average Bonchev–Trinajstić information content (AvgIpc) is 2.60. The molecule has 0 spiro atoms. The minimum atomic E-state index is -0.524. The van der Waals surface area contributed by atoms with E-state index in [0.29, 0.717) is 22.9 Å². The van der Waals surface area contributed by atoms with E-state index in [-0.39, 0.29) is 5.76 Å². The van der Waals surface area contributed by atoms with Gasteiger partial charge in [0.05, 0.1) is 5.39 Å². The van der Waals surface area contributed by atoms with E-state index >= 15 is 0 Å². The summed E-state index contributed by atoms with van der Waals surface area (Å²) in [5.41, 5.74) is 0.905. The summed E-state index contributed by atoms with van der Waals surface area (Å²) in [6.07, 6.45) is 1.57. The number of nitrogens with one attached hydrogen (secondary N) is 1. The predicted octanol–water partition coefficient (Wildman–Crippen LogP) is 3.38. The first kappa shape index (κ1) is 14.8. The van der Waals surface area contributed by atoms with E-state index in [9.17, 15) is 9.59 Å². The maximum Gasteiger partial charge on any atom is 0.344 e. The van der Waals surface area contributed by atoms with E-state index in [4.69, 9.17) is 4.42 Å². The van der Waals surface area contributed by atoms with Crippen LogP contribution in [0.3, 0.4) is 0 Å². The van der Waals surface area contributed by atoms with Crippen molar-refractivity contribution in [2.75, 3.05) is 6.54 Å². The van der Waals surface area contributed by atoms with Gasteiger partial charge in [0.1, 0.15) is 0 Å². The monoisotopic (exact) mass is 305 g/mol. The highest BCUT2D eigenvalue weighted by Crippen LogP contribution is 2.30. The van der Waals surface area contributed by atoms with Crippen molar-refractivity contribution in [3.63, 3.8) is 0 Å². The van der Waals surface area contributed by atoms with E-state index in [0.717, 1.165) is 5.56 Å². The molecule has 23 heavy (non-hydrogen) atoms. The Morgan fingerprint density at radius 2 is 1.70 bits per heavy atom. The maximum atomic E-state index is 12.4. The van der Waals surface area contributed by atoms with Crippen molar-refractivity contribution in [2.24, 2.45) is 0 Å². The molecular formula is C19H15NO3. The molecule has 0 fully saturated rings. The SMILES string of the molecule is C=CCNC(=O)c1oc(=O)c2ccccc2c1-c1ccccc1. The van der Waals surface area contributed by atoms with Gasteiger partial charge in [-0.25, -0.2) is 4.79 Å². The first-order valence-electron chi connectivity index (χ1n) is 7.22. The lowest BCUT2D eigenvalue weighted by Gasteiger charge is -2.11. The number of benzene rings is 2. The van der Waals surface area contributed by atoms with Crippen LogP contribution < -0.4 is 10.9 Å². The van der Waals surface area contributed by atoms with Crippen LogP contribution in [0.25, 0.3) is 21.9 Å². The molecule has 0 aliphatic rings. The number of amides is 1. The van der Waals surface area contributed by atoms with E-state index in [2.05, 4.69) is 11.9 Å². The summed E-state index contributed by atoms with van der Waals surface area (Å²) in [5, 5.41) is 3.80. The van der Waals surface area contributed by atoms with Gasteiger partial charge in [-0.1, -0.05) is 54.6 Å². The highest BCUT2D eigenvalue weighted by Gasteiger charge is 2.20. The summed E-state index contributed by atoms with van der Waals surface area (Å²) in [5.74, 6) is -0.423. The molecule has 0 aliphatic heterocycles. The molecule has 0 atom stereocenters. The van der Waals surface area contributed by atoms with Gasteiger partial charge in [0.2, 0.25) is 5.76 Å². The smallest absolute Gasteiger partial charge is 0.344 e. The fourth-order valence-electron chi connectivity index (χ4n) is 2.50. The van der Waals surface area contributed by atoms with Gasteiger partial charge in [-0.15, -0.1) is 6.58 Å². The molecule has 1 aromatic heterocycles. The standard InChI is InChI=1S/C19H15NO3/c1-2-12-20-18(21)17-16(13-8-4-3-5-9-13)14-10-6-7-11-15(14)19(22)23-17/h2-11H,1,12H2,(H,20,21). The second-order valence-electron chi connectivity index (χ2n) is 5.00. The molecule has 0 bridgehead atoms. The van der Waals surface area contributed by atoms with Crippen LogP contribution in [0.4, 0.5) is 0 Å². The highest BCUT2D eigenvalue weighted by atomic mass is 16.4. The number of rotatable bonds is 4. The van der Waals surface area contributed by atoms with Crippen LogP contribution in [-0.2, 0) is 0 Å². The Morgan fingerprint density at radius 3 is 2.39 bits per heavy atom. The zero-order chi connectivity index (χ0) is 16.2. The Hall–Kier alpha value is -3.14. The first-order chi connectivity index (χ1) is 11.2. The third kappa shape index (κ3) is 2.79. The second kappa shape index (κ2) is 6.32. The molecule has 4 nitrogen and oxygen atoms in total. The number of carbonyl (C=O) groups excluding carboxylic acids is 1. The maximum absolute atomic E-state index is 12.4. The molecule has 2 aromatic carbocycles. The molecule has 0 saturated carbocycles. The van der Waals surface area contributed by atoms with Crippen LogP contribution in [0.15, 0.2) is 76.5 Å². The fraction of sp³-hybridized carbons (Fsp3) is 0.0526. The van der Waals surface area contributed by atoms with Crippen molar-refractivity contribution in [3.05, 3.63) is 83.4 Å². The van der Waals surface area contributed by atoms with Crippen LogP contribution in [0.1, 0.15) is 10.6 Å². The molecule has 3 aromatic rings. The minimum absolute atomic E-state index is 0.0155. The molecule has 1 amide bonds. The Morgan fingerprint density at radius 1 is 1.04 bits per heavy atom. The quantitative estimate of drug-likeness (QED) is 0.752. The molecule has 0 radical (unpaired) electrons. The van der Waals surface area contributed by atoms with E-state index < -0.39 is 11.5 Å². The van der Waals surface area contributed by atoms with Gasteiger partial charge in [-0.2, -0.15) is 0 Å². The van der Waals surface area contributed by atoms with Crippen LogP contribution in [0.2, 0.25) is 0 Å². The summed E-state index contributed by atoms with van der Waals surface area (Å²) in [6, 6.07) is 16.5. The zero-order valence-electron chi connectivity index (χ0n) is 12.4. The average molecular weight is 305 g/mol. The Balaban J connectivity index is 2.32. The Kier molecular flexibility index (Phi) is 4.06. The zero-order valence-corrected chi connectivity index (χ0v) is 12.4. The molecule has 1 N–H and O–H groups in total. The number of hydrogen-bond acceptors (Lipinski definition) is 3. The van der Waals surface area contributed by atoms with Gasteiger partial charge in [-0.3, -0.25) is 4.79 Å². The number of fused-ring (bicyclic) bond motifs is 1. The lowest BCUT2D eigenvalue weighted by molar-refractivity contribution is 0.0927. The van der Waals surface area contributed by atoms with Gasteiger partial charge in [0.25, 0.3) is 5.91 Å². The largest absolute Gasteiger partial charge is 0.416 e. The topological polar surface area (TPSA) is 59.3 Å². The molecule has 0 saturated heterocycles. The van der Waals surface area contributed by atoms with E-state index in [1.54, 1.807) is 18.2 Å². The third-order valence-corrected chi connectivity index (χ3v) is 3.51. The molecular weight excluding hydrogens is 290 g/mol. The molecule has 114 valence electrons. The molecule has 0 aliphatic carbocycles. The number of hydrogen-bond donors (Lipinski definition) is 1. The summed E-state index contributed by atoms with van der Waals surface area (Å²) >= 11 is 0. The van der Waals surface area contributed by atoms with Crippen LogP contribution in [0, 0.1) is 0 Å². The van der Waals surface area contributed by atoms with Gasteiger partial charge < -0.3 is 9.73 Å². The minimum Gasteiger partial charge on any atom is -0.416 e. The van der Waals surface area contributed by atoms with Crippen LogP contribution >= 0.6 is 0 Å². The van der Waals surface area contributed by atoms with Crippen molar-refractivity contribution in [1.29, 1.82) is 0 Å². The number of carbonyl (C=O) groups is 1. The van der Waals surface area contributed by atoms with Gasteiger partial charge in [0.15, 0.2) is 0 Å². The van der Waals surface area contributed by atoms with Crippen molar-refractivity contribution in [3.8, 4) is 11.1 Å². The lowest BCUT2D eigenvalue weighted by atomic mass is 9.98. The lowest BCUT2D eigenvalue weighted by Crippen LogP contribution is -2.25. The van der Waals surface area contributed by atoms with Gasteiger partial charge in [-0.05, 0) is 11.6 Å². The summed E-state index contributed by atoms with van der Waals surface area (Å²) in [6.45, 7) is 3.86. The van der Waals surface area contributed by atoms with Crippen LogP contribution in [0.5, 0.6) is 0 Å². The van der Waals surface area contributed by atoms with Crippen molar-refractivity contribution in [2.45, 2.75) is 0 Å². The summed E-state index contributed by atoms with van der Waals surface area (Å²) in [7, 11) is 0. The molecule has 0 unspecified atom stereocenters. The van der Waals surface area contributed by atoms with Crippen molar-refractivity contribution in [1.82, 2.24) is 5.32 Å². The summed E-state index contributed by atoms with van der Waals surface area (Å²) < 4.78 is 5.33. The van der Waals surface area contributed by atoms with E-state index in [1.807, 2.05) is 42.5 Å². The second-order valence-corrected chi connectivity index (χ2v) is 5.00. The molecule has 4 heteroatoms.